The van der Waals surface area contributed by atoms with Gasteiger partial charge >= 0.3 is 5.97 Å². The average molecular weight is 226 g/mol. The predicted molar refractivity (Wildman–Crippen MR) is 57.6 cm³/mol. The van der Waals surface area contributed by atoms with Gasteiger partial charge in [0.1, 0.15) is 5.56 Å². The van der Waals surface area contributed by atoms with Crippen LogP contribution in [0.2, 0.25) is 0 Å². The van der Waals surface area contributed by atoms with Crippen molar-refractivity contribution in [3.05, 3.63) is 17.8 Å². The van der Waals surface area contributed by atoms with Crippen molar-refractivity contribution in [2.24, 2.45) is 0 Å². The van der Waals surface area contributed by atoms with Gasteiger partial charge in [-0.2, -0.15) is 0 Å². The number of carboxylic acids is 1. The molecule has 1 rings (SSSR count). The van der Waals surface area contributed by atoms with Crippen molar-refractivity contribution >= 4 is 11.7 Å². The van der Waals surface area contributed by atoms with E-state index in [-0.39, 0.29) is 11.4 Å². The van der Waals surface area contributed by atoms with Crippen LogP contribution in [0.5, 0.6) is 5.88 Å². The fourth-order valence-corrected chi connectivity index (χ4v) is 1.11. The fraction of sp³-hybridized carbons (Fsp3) is 0.400. The van der Waals surface area contributed by atoms with Crippen molar-refractivity contribution in [3.8, 4) is 5.88 Å². The Balaban J connectivity index is 2.67. The predicted octanol–water partition coefficient (Wildman–Crippen LogP) is 0.777. The summed E-state index contributed by atoms with van der Waals surface area (Å²) in [5, 5.41) is 8.89. The minimum atomic E-state index is -1.11. The Kier molecular flexibility index (Phi) is 4.53. The maximum absolute atomic E-state index is 10.9. The highest BCUT2D eigenvalue weighted by Gasteiger charge is 2.13. The number of methoxy groups -OCH3 is 1. The second-order valence-corrected chi connectivity index (χ2v) is 3.12. The van der Waals surface area contributed by atoms with Gasteiger partial charge in [0.05, 0.1) is 18.5 Å². The van der Waals surface area contributed by atoms with E-state index in [2.05, 4.69) is 4.98 Å². The van der Waals surface area contributed by atoms with Gasteiger partial charge in [-0.3, -0.25) is 0 Å². The Morgan fingerprint density at radius 2 is 2.31 bits per heavy atom. The topological polar surface area (TPSA) is 94.7 Å². The zero-order valence-corrected chi connectivity index (χ0v) is 8.97. The lowest BCUT2D eigenvalue weighted by atomic mass is 10.2. The van der Waals surface area contributed by atoms with Crippen LogP contribution in [0.25, 0.3) is 0 Å². The number of nitrogens with two attached hydrogens (primary N) is 1. The summed E-state index contributed by atoms with van der Waals surface area (Å²) in [6, 6.07) is 1.32. The lowest BCUT2D eigenvalue weighted by Crippen LogP contribution is -2.08. The lowest BCUT2D eigenvalue weighted by molar-refractivity contribution is 0.0690. The Morgan fingerprint density at radius 1 is 1.56 bits per heavy atom. The van der Waals surface area contributed by atoms with Gasteiger partial charge < -0.3 is 20.3 Å². The van der Waals surface area contributed by atoms with E-state index in [0.717, 1.165) is 0 Å². The minimum Gasteiger partial charge on any atom is -0.477 e. The first-order valence-corrected chi connectivity index (χ1v) is 4.75. The molecule has 0 fully saturated rings. The number of hydrogen-bond acceptors (Lipinski definition) is 5. The van der Waals surface area contributed by atoms with Crippen molar-refractivity contribution in [1.29, 1.82) is 0 Å². The first-order chi connectivity index (χ1) is 7.65. The Morgan fingerprint density at radius 3 is 2.94 bits per heavy atom. The van der Waals surface area contributed by atoms with E-state index in [0.29, 0.717) is 25.3 Å². The molecule has 0 aliphatic carbocycles. The van der Waals surface area contributed by atoms with Crippen LogP contribution in [0.1, 0.15) is 16.8 Å². The molecule has 0 amide bonds. The molecule has 88 valence electrons. The molecule has 0 radical (unpaired) electrons. The van der Waals surface area contributed by atoms with E-state index < -0.39 is 5.97 Å². The molecule has 6 nitrogen and oxygen atoms in total. The molecular formula is C10H14N2O4. The highest BCUT2D eigenvalue weighted by Crippen LogP contribution is 2.17. The van der Waals surface area contributed by atoms with Gasteiger partial charge in [0.15, 0.2) is 0 Å². The maximum atomic E-state index is 10.9. The highest BCUT2D eigenvalue weighted by molar-refractivity contribution is 5.91. The average Bonchev–Trinajstić information content (AvgIpc) is 2.26. The Bertz CT molecular complexity index is 368. The van der Waals surface area contributed by atoms with Crippen LogP contribution in [0.15, 0.2) is 12.3 Å². The third-order valence-corrected chi connectivity index (χ3v) is 1.83. The van der Waals surface area contributed by atoms with Crippen molar-refractivity contribution in [2.45, 2.75) is 6.42 Å². The van der Waals surface area contributed by atoms with Crippen LogP contribution in [-0.2, 0) is 4.74 Å². The summed E-state index contributed by atoms with van der Waals surface area (Å²) in [6.45, 7) is 0.905. The number of aromatic nitrogens is 1. The summed E-state index contributed by atoms with van der Waals surface area (Å²) in [4.78, 5) is 14.7. The van der Waals surface area contributed by atoms with Gasteiger partial charge in [-0.15, -0.1) is 0 Å². The van der Waals surface area contributed by atoms with Crippen LogP contribution in [0.3, 0.4) is 0 Å². The molecular weight excluding hydrogens is 212 g/mol. The Labute approximate surface area is 93.0 Å². The maximum Gasteiger partial charge on any atom is 0.341 e. The van der Waals surface area contributed by atoms with E-state index in [4.69, 9.17) is 20.3 Å². The van der Waals surface area contributed by atoms with Crippen LogP contribution in [0.4, 0.5) is 5.69 Å². The lowest BCUT2D eigenvalue weighted by Gasteiger charge is -2.07. The molecule has 0 unspecified atom stereocenters. The summed E-state index contributed by atoms with van der Waals surface area (Å²) in [7, 11) is 1.59. The fourth-order valence-electron chi connectivity index (χ4n) is 1.11. The van der Waals surface area contributed by atoms with Gasteiger partial charge in [0.2, 0.25) is 5.88 Å². The first kappa shape index (κ1) is 12.3. The number of carboxylic acid groups (broad SMARTS) is 1. The highest BCUT2D eigenvalue weighted by atomic mass is 16.5. The van der Waals surface area contributed by atoms with E-state index in [9.17, 15) is 4.79 Å². The molecule has 0 saturated carbocycles. The quantitative estimate of drug-likeness (QED) is 0.696. The summed E-state index contributed by atoms with van der Waals surface area (Å²) in [5.41, 5.74) is 5.70. The third-order valence-electron chi connectivity index (χ3n) is 1.83. The second-order valence-electron chi connectivity index (χ2n) is 3.12. The first-order valence-electron chi connectivity index (χ1n) is 4.75. The number of nitrogens with zero attached hydrogens (tertiary/aromatic N) is 1. The van der Waals surface area contributed by atoms with Crippen LogP contribution in [-0.4, -0.2) is 36.4 Å². The normalized spacial score (nSPS) is 10.1. The SMILES string of the molecule is COCCCOc1ncc(N)cc1C(=O)O. The molecule has 0 bridgehead atoms. The molecule has 0 aliphatic rings. The van der Waals surface area contributed by atoms with Crippen molar-refractivity contribution in [3.63, 3.8) is 0 Å². The van der Waals surface area contributed by atoms with Crippen LogP contribution in [0, 0.1) is 0 Å². The molecule has 0 spiro atoms. The third kappa shape index (κ3) is 3.39. The van der Waals surface area contributed by atoms with Gasteiger partial charge in [0, 0.05) is 20.1 Å². The molecule has 0 aromatic carbocycles. The van der Waals surface area contributed by atoms with Gasteiger partial charge in [-0.25, -0.2) is 9.78 Å². The molecule has 1 aromatic heterocycles. The smallest absolute Gasteiger partial charge is 0.341 e. The largest absolute Gasteiger partial charge is 0.477 e. The standard InChI is InChI=1S/C10H14N2O4/c1-15-3-2-4-16-9-8(10(13)14)5-7(11)6-12-9/h5-6H,2-4,11H2,1H3,(H,13,14). The number of anilines is 1. The van der Waals surface area contributed by atoms with Crippen LogP contribution < -0.4 is 10.5 Å². The summed E-state index contributed by atoms with van der Waals surface area (Å²) in [6.07, 6.45) is 2.03. The molecule has 1 aromatic rings. The Hall–Kier alpha value is -1.82. The van der Waals surface area contributed by atoms with Crippen molar-refractivity contribution in [1.82, 2.24) is 4.98 Å². The molecule has 0 aliphatic heterocycles. The molecule has 6 heteroatoms. The number of aromatic carboxylic acids is 1. The zero-order chi connectivity index (χ0) is 12.0. The van der Waals surface area contributed by atoms with Gasteiger partial charge in [-0.1, -0.05) is 0 Å². The van der Waals surface area contributed by atoms with Crippen molar-refractivity contribution in [2.75, 3.05) is 26.1 Å². The van der Waals surface area contributed by atoms with Gasteiger partial charge in [-0.05, 0) is 6.07 Å². The molecule has 16 heavy (non-hydrogen) atoms. The number of pyridine rings is 1. The van der Waals surface area contributed by atoms with Crippen molar-refractivity contribution < 1.29 is 19.4 Å². The summed E-state index contributed by atoms with van der Waals surface area (Å²) in [5.74, 6) is -1.03. The minimum absolute atomic E-state index is 0.0302. The summed E-state index contributed by atoms with van der Waals surface area (Å²) < 4.78 is 10.1. The monoisotopic (exact) mass is 226 g/mol. The van der Waals surface area contributed by atoms with E-state index in [1.165, 1.54) is 12.3 Å². The molecule has 1 heterocycles. The van der Waals surface area contributed by atoms with Crippen LogP contribution >= 0.6 is 0 Å². The molecule has 0 atom stereocenters. The zero-order valence-electron chi connectivity index (χ0n) is 8.97. The number of carbonyl (C=O) groups is 1. The number of rotatable bonds is 6. The van der Waals surface area contributed by atoms with Gasteiger partial charge in [0.25, 0.3) is 0 Å². The number of ether oxygens (including phenoxy) is 2. The number of hydrogen-bond donors (Lipinski definition) is 2. The molecule has 0 saturated heterocycles. The second kappa shape index (κ2) is 5.92. The van der Waals surface area contributed by atoms with E-state index in [1.807, 2.05) is 0 Å². The summed E-state index contributed by atoms with van der Waals surface area (Å²) >= 11 is 0. The van der Waals surface area contributed by atoms with E-state index >= 15 is 0 Å². The molecule has 3 N–H and O–H groups in total. The number of nitrogen functional groups attached to an aromatic ring is 1. The van der Waals surface area contributed by atoms with E-state index in [1.54, 1.807) is 7.11 Å².